The first kappa shape index (κ1) is 25.0. The van der Waals surface area contributed by atoms with Crippen molar-refractivity contribution >= 4 is 35.5 Å². The highest BCUT2D eigenvalue weighted by Crippen LogP contribution is 2.50. The number of carbonyl (C=O) groups is 4. The van der Waals surface area contributed by atoms with Crippen molar-refractivity contribution in [2.45, 2.75) is 67.9 Å². The zero-order valence-electron chi connectivity index (χ0n) is 20.3. The average molecular weight is 526 g/mol. The molecule has 37 heavy (non-hydrogen) atoms. The molecule has 3 amide bonds. The summed E-state index contributed by atoms with van der Waals surface area (Å²) in [5.41, 5.74) is -0.156. The first-order chi connectivity index (χ1) is 17.6. The van der Waals surface area contributed by atoms with E-state index >= 15 is 0 Å². The number of amides is 3. The second-order valence-electron chi connectivity index (χ2n) is 9.90. The van der Waals surface area contributed by atoms with E-state index in [-0.39, 0.29) is 5.56 Å². The number of β-lactam (4-membered cyclic amide) rings is 1. The highest BCUT2D eigenvalue weighted by molar-refractivity contribution is 8.01. The van der Waals surface area contributed by atoms with Gasteiger partial charge in [0.05, 0.1) is 0 Å². The highest BCUT2D eigenvalue weighted by atomic mass is 32.2. The van der Waals surface area contributed by atoms with Crippen LogP contribution in [0.1, 0.15) is 54.5 Å². The van der Waals surface area contributed by atoms with Crippen LogP contribution in [0.25, 0.3) is 0 Å². The van der Waals surface area contributed by atoms with Crippen molar-refractivity contribution < 1.29 is 24.3 Å². The summed E-state index contributed by atoms with van der Waals surface area (Å²) in [5, 5.41) is 14.4. The SMILES string of the molecule is CC1(C)S[C@@H]2[C@H](NC(=O)[C@H](NC(=O)c3cnc4n(c3=O)CCCC4)c3ccccc3)C(=O)N2[C@H]1C(=O)O. The average Bonchev–Trinajstić information content (AvgIpc) is 3.14. The van der Waals surface area contributed by atoms with Crippen LogP contribution >= 0.6 is 11.8 Å². The van der Waals surface area contributed by atoms with Gasteiger partial charge in [-0.1, -0.05) is 30.3 Å². The van der Waals surface area contributed by atoms with E-state index in [1.54, 1.807) is 44.2 Å². The van der Waals surface area contributed by atoms with Gasteiger partial charge in [0, 0.05) is 23.9 Å². The number of hydrogen-bond acceptors (Lipinski definition) is 7. The molecule has 4 atom stereocenters. The van der Waals surface area contributed by atoms with Crippen LogP contribution in [0.15, 0.2) is 41.3 Å². The number of fused-ring (bicyclic) bond motifs is 2. The fourth-order valence-electron chi connectivity index (χ4n) is 5.20. The summed E-state index contributed by atoms with van der Waals surface area (Å²) in [6.07, 6.45) is 3.65. The lowest BCUT2D eigenvalue weighted by Crippen LogP contribution is -2.71. The molecular weight excluding hydrogens is 498 g/mol. The number of aromatic nitrogens is 2. The Morgan fingerprint density at radius 3 is 2.59 bits per heavy atom. The standard InChI is InChI=1S/C25H27N5O6S/c1-25(2)18(24(35)36)30-22(34)17(23(30)37-25)28-20(32)16(13-8-4-3-5-9-13)27-19(31)14-12-26-15-10-6-7-11-29(15)21(14)33/h3-5,8-9,12,16-18,23H,6-7,10-11H2,1-2H3,(H,27,31)(H,28,32)(H,35,36)/t16-,17-,18+,23-/m1/s1. The summed E-state index contributed by atoms with van der Waals surface area (Å²) < 4.78 is 0.760. The minimum absolute atomic E-state index is 0.164. The summed E-state index contributed by atoms with van der Waals surface area (Å²) in [6.45, 7) is 3.98. The minimum Gasteiger partial charge on any atom is -0.480 e. The van der Waals surface area contributed by atoms with E-state index in [2.05, 4.69) is 15.6 Å². The fraction of sp³-hybridized carbons (Fsp3) is 0.440. The molecule has 0 saturated carbocycles. The van der Waals surface area contributed by atoms with Gasteiger partial charge in [0.15, 0.2) is 0 Å². The second kappa shape index (κ2) is 9.33. The van der Waals surface area contributed by atoms with Gasteiger partial charge in [-0.25, -0.2) is 9.78 Å². The van der Waals surface area contributed by atoms with Crippen LogP contribution in [0.4, 0.5) is 0 Å². The van der Waals surface area contributed by atoms with Gasteiger partial charge in [-0.15, -0.1) is 11.8 Å². The zero-order chi connectivity index (χ0) is 26.5. The molecule has 0 spiro atoms. The first-order valence-corrected chi connectivity index (χ1v) is 13.0. The van der Waals surface area contributed by atoms with Gasteiger partial charge in [0.2, 0.25) is 11.8 Å². The molecule has 5 rings (SSSR count). The normalized spacial score (nSPS) is 24.3. The van der Waals surface area contributed by atoms with Gasteiger partial charge in [0.1, 0.15) is 34.9 Å². The third-order valence-corrected chi connectivity index (χ3v) is 8.62. The molecule has 3 aliphatic rings. The van der Waals surface area contributed by atoms with Crippen LogP contribution in [0, 0.1) is 0 Å². The Morgan fingerprint density at radius 2 is 1.89 bits per heavy atom. The van der Waals surface area contributed by atoms with Crippen molar-refractivity contribution in [3.05, 3.63) is 63.8 Å². The third kappa shape index (κ3) is 4.28. The number of hydrogen-bond donors (Lipinski definition) is 3. The quantitative estimate of drug-likeness (QED) is 0.466. The van der Waals surface area contributed by atoms with E-state index in [9.17, 15) is 29.1 Å². The molecule has 2 aromatic rings. The van der Waals surface area contributed by atoms with Crippen molar-refractivity contribution in [1.29, 1.82) is 0 Å². The van der Waals surface area contributed by atoms with Crippen LogP contribution in [-0.4, -0.2) is 65.5 Å². The third-order valence-electron chi connectivity index (χ3n) is 7.05. The lowest BCUT2D eigenvalue weighted by molar-refractivity contribution is -0.161. The Bertz CT molecular complexity index is 1340. The summed E-state index contributed by atoms with van der Waals surface area (Å²) in [5.74, 6) is -2.33. The van der Waals surface area contributed by atoms with Crippen LogP contribution in [0.5, 0.6) is 0 Å². The van der Waals surface area contributed by atoms with Gasteiger partial charge < -0.3 is 20.6 Å². The van der Waals surface area contributed by atoms with Crippen LogP contribution < -0.4 is 16.2 Å². The lowest BCUT2D eigenvalue weighted by atomic mass is 9.95. The predicted octanol–water partition coefficient (Wildman–Crippen LogP) is 0.682. The Balaban J connectivity index is 1.37. The van der Waals surface area contributed by atoms with E-state index in [0.717, 1.165) is 12.8 Å². The first-order valence-electron chi connectivity index (χ1n) is 12.1. The fourth-order valence-corrected chi connectivity index (χ4v) is 6.83. The molecule has 1 aromatic heterocycles. The Morgan fingerprint density at radius 1 is 1.16 bits per heavy atom. The van der Waals surface area contributed by atoms with Crippen molar-refractivity contribution in [1.82, 2.24) is 25.1 Å². The molecule has 12 heteroatoms. The second-order valence-corrected chi connectivity index (χ2v) is 11.7. The Labute approximate surface area is 216 Å². The molecule has 0 aliphatic carbocycles. The van der Waals surface area contributed by atoms with Gasteiger partial charge in [0.25, 0.3) is 11.5 Å². The number of nitrogens with one attached hydrogen (secondary N) is 2. The smallest absolute Gasteiger partial charge is 0.327 e. The van der Waals surface area contributed by atoms with Crippen molar-refractivity contribution in [2.75, 3.05) is 0 Å². The topological polar surface area (TPSA) is 151 Å². The minimum atomic E-state index is -1.19. The summed E-state index contributed by atoms with van der Waals surface area (Å²) in [7, 11) is 0. The maximum Gasteiger partial charge on any atom is 0.327 e. The maximum absolute atomic E-state index is 13.4. The number of aliphatic carboxylic acids is 1. The molecule has 0 unspecified atom stereocenters. The monoisotopic (exact) mass is 525 g/mol. The zero-order valence-corrected chi connectivity index (χ0v) is 21.2. The number of carbonyl (C=O) groups excluding carboxylic acids is 3. The van der Waals surface area contributed by atoms with Crippen LogP contribution in [-0.2, 0) is 27.3 Å². The van der Waals surface area contributed by atoms with E-state index in [1.807, 2.05) is 0 Å². The van der Waals surface area contributed by atoms with Gasteiger partial charge in [-0.05, 0) is 32.3 Å². The molecule has 11 nitrogen and oxygen atoms in total. The molecule has 3 N–H and O–H groups in total. The van der Waals surface area contributed by atoms with E-state index in [1.165, 1.54) is 27.4 Å². The van der Waals surface area contributed by atoms with Gasteiger partial charge in [-0.2, -0.15) is 0 Å². The van der Waals surface area contributed by atoms with Crippen molar-refractivity contribution in [2.24, 2.45) is 0 Å². The van der Waals surface area contributed by atoms with Crippen molar-refractivity contribution in [3.8, 4) is 0 Å². The molecule has 4 heterocycles. The van der Waals surface area contributed by atoms with Gasteiger partial charge in [-0.3, -0.25) is 23.7 Å². The van der Waals surface area contributed by atoms with Gasteiger partial charge >= 0.3 is 5.97 Å². The number of thioether (sulfide) groups is 1. The van der Waals surface area contributed by atoms with Crippen LogP contribution in [0.3, 0.4) is 0 Å². The number of benzene rings is 1. The number of carboxylic acids is 1. The summed E-state index contributed by atoms with van der Waals surface area (Å²) >= 11 is 1.31. The lowest BCUT2D eigenvalue weighted by Gasteiger charge is -2.44. The molecule has 0 radical (unpaired) electrons. The number of carboxylic acid groups (broad SMARTS) is 1. The van der Waals surface area contributed by atoms with Crippen LogP contribution in [0.2, 0.25) is 0 Å². The van der Waals surface area contributed by atoms with E-state index in [4.69, 9.17) is 0 Å². The van der Waals surface area contributed by atoms with E-state index < -0.39 is 57.5 Å². The molecular formula is C25H27N5O6S. The summed E-state index contributed by atoms with van der Waals surface area (Å²) in [6, 6.07) is 5.37. The number of nitrogens with zero attached hydrogens (tertiary/aromatic N) is 3. The van der Waals surface area contributed by atoms with E-state index in [0.29, 0.717) is 24.4 Å². The highest BCUT2D eigenvalue weighted by Gasteiger charge is 2.64. The predicted molar refractivity (Wildman–Crippen MR) is 134 cm³/mol. The maximum atomic E-state index is 13.4. The molecule has 0 bridgehead atoms. The number of rotatable bonds is 6. The van der Waals surface area contributed by atoms with Crippen molar-refractivity contribution in [3.63, 3.8) is 0 Å². The molecule has 2 saturated heterocycles. The molecule has 194 valence electrons. The largest absolute Gasteiger partial charge is 0.480 e. The molecule has 3 aliphatic heterocycles. The molecule has 2 fully saturated rings. The number of aryl methyl sites for hydroxylation is 1. The molecule has 1 aromatic carbocycles. The Kier molecular flexibility index (Phi) is 6.30. The summed E-state index contributed by atoms with van der Waals surface area (Å²) in [4.78, 5) is 69.7. The Hall–Kier alpha value is -3.67.